The third kappa shape index (κ3) is 5.07. The fourth-order valence-electron chi connectivity index (χ4n) is 4.48. The summed E-state index contributed by atoms with van der Waals surface area (Å²) in [4.78, 5) is 13.6. The van der Waals surface area contributed by atoms with Crippen LogP contribution >= 0.6 is 0 Å². The molecular formula is C26H28O14. The van der Waals surface area contributed by atoms with Crippen LogP contribution in [0.15, 0.2) is 45.6 Å². The molecule has 14 nitrogen and oxygen atoms in total. The number of fused-ring (bicyclic) bond motifs is 1. The standard InChI is InChI=1S/C26H28O14/c1-9-17(30)20(33)22(35)26(37-9)38-12-6-13(28)16-15(7-12)39-23(10-2-4-11(27)5-3-10)24(19(16)32)40-25-21(34)18(31)14(29)8-36-25/h2-7,9,14,17-18,20-22,25-31,33-35H,8H2,1H3/t9-,14+,17+,18+,20-,21+,22-,25-,26-/m0/s1. The highest BCUT2D eigenvalue weighted by atomic mass is 16.7. The molecule has 0 amide bonds. The molecule has 14 heteroatoms. The lowest BCUT2D eigenvalue weighted by Crippen LogP contribution is -2.58. The van der Waals surface area contributed by atoms with E-state index in [2.05, 4.69) is 0 Å². The molecule has 2 aromatic carbocycles. The van der Waals surface area contributed by atoms with E-state index in [-0.39, 0.29) is 33.8 Å². The van der Waals surface area contributed by atoms with Gasteiger partial charge in [-0.3, -0.25) is 4.79 Å². The maximum absolute atomic E-state index is 13.6. The van der Waals surface area contributed by atoms with Gasteiger partial charge in [0.25, 0.3) is 0 Å². The van der Waals surface area contributed by atoms with Crippen LogP contribution in [0.5, 0.6) is 23.0 Å². The summed E-state index contributed by atoms with van der Waals surface area (Å²) in [7, 11) is 0. The van der Waals surface area contributed by atoms with Crippen LogP contribution in [0.25, 0.3) is 22.3 Å². The summed E-state index contributed by atoms with van der Waals surface area (Å²) in [6, 6.07) is 7.69. The molecule has 3 aromatic rings. The van der Waals surface area contributed by atoms with Gasteiger partial charge in [0.1, 0.15) is 64.8 Å². The number of hydrogen-bond acceptors (Lipinski definition) is 14. The first-order valence-electron chi connectivity index (χ1n) is 12.3. The van der Waals surface area contributed by atoms with Gasteiger partial charge in [0.05, 0.1) is 12.7 Å². The molecule has 9 atom stereocenters. The van der Waals surface area contributed by atoms with Crippen molar-refractivity contribution in [2.45, 2.75) is 62.2 Å². The Morgan fingerprint density at radius 3 is 2.20 bits per heavy atom. The van der Waals surface area contributed by atoms with Crippen molar-refractivity contribution in [1.82, 2.24) is 0 Å². The van der Waals surface area contributed by atoms with Crippen LogP contribution in [0.2, 0.25) is 0 Å². The Kier molecular flexibility index (Phi) is 7.60. The summed E-state index contributed by atoms with van der Waals surface area (Å²) in [5.41, 5.74) is -0.860. The van der Waals surface area contributed by atoms with Gasteiger partial charge in [-0.15, -0.1) is 0 Å². The monoisotopic (exact) mass is 564 g/mol. The first kappa shape index (κ1) is 28.1. The quantitative estimate of drug-likeness (QED) is 0.184. The summed E-state index contributed by atoms with van der Waals surface area (Å²) < 4.78 is 27.9. The first-order chi connectivity index (χ1) is 19.0. The molecule has 0 bridgehead atoms. The topological polar surface area (TPSA) is 229 Å². The molecule has 1 aromatic heterocycles. The summed E-state index contributed by atoms with van der Waals surface area (Å²) in [6.45, 7) is 1.06. The average molecular weight is 564 g/mol. The van der Waals surface area contributed by atoms with E-state index in [1.807, 2.05) is 0 Å². The molecule has 216 valence electrons. The van der Waals surface area contributed by atoms with Gasteiger partial charge in [-0.2, -0.15) is 0 Å². The van der Waals surface area contributed by atoms with Crippen LogP contribution < -0.4 is 14.9 Å². The molecule has 0 aliphatic carbocycles. The van der Waals surface area contributed by atoms with E-state index >= 15 is 0 Å². The number of ether oxygens (including phenoxy) is 4. The Morgan fingerprint density at radius 2 is 1.50 bits per heavy atom. The van der Waals surface area contributed by atoms with Gasteiger partial charge in [0, 0.05) is 17.7 Å². The second kappa shape index (κ2) is 10.8. The zero-order chi connectivity index (χ0) is 28.9. The molecule has 40 heavy (non-hydrogen) atoms. The van der Waals surface area contributed by atoms with E-state index in [0.29, 0.717) is 0 Å². The molecule has 8 N–H and O–H groups in total. The van der Waals surface area contributed by atoms with Crippen molar-refractivity contribution in [2.24, 2.45) is 0 Å². The number of phenolic OH excluding ortho intramolecular Hbond substituents is 2. The summed E-state index contributed by atoms with van der Waals surface area (Å²) in [6.07, 6.45) is -13.3. The Bertz CT molecular complexity index is 1420. The lowest BCUT2D eigenvalue weighted by atomic mass is 10.00. The van der Waals surface area contributed by atoms with Gasteiger partial charge in [0.2, 0.25) is 23.8 Å². The Labute approximate surface area is 225 Å². The number of benzene rings is 2. The van der Waals surface area contributed by atoms with E-state index in [0.717, 1.165) is 6.07 Å². The van der Waals surface area contributed by atoms with Gasteiger partial charge in [-0.05, 0) is 31.2 Å². The number of aromatic hydroxyl groups is 2. The van der Waals surface area contributed by atoms with E-state index < -0.39 is 78.8 Å². The number of aliphatic hydroxyl groups is 6. The molecule has 2 aliphatic rings. The second-order valence-electron chi connectivity index (χ2n) is 9.62. The average Bonchev–Trinajstić information content (AvgIpc) is 2.92. The van der Waals surface area contributed by atoms with Crippen molar-refractivity contribution in [3.63, 3.8) is 0 Å². The molecule has 5 rings (SSSR count). The van der Waals surface area contributed by atoms with Crippen LogP contribution in [-0.2, 0) is 9.47 Å². The fraction of sp³-hybridized carbons (Fsp3) is 0.423. The van der Waals surface area contributed by atoms with Crippen LogP contribution in [0.1, 0.15) is 6.92 Å². The molecule has 2 fully saturated rings. The molecule has 3 heterocycles. The zero-order valence-corrected chi connectivity index (χ0v) is 20.9. The normalized spacial score (nSPS) is 32.6. The first-order valence-corrected chi connectivity index (χ1v) is 12.3. The van der Waals surface area contributed by atoms with Crippen molar-refractivity contribution in [3.8, 4) is 34.3 Å². The Morgan fingerprint density at radius 1 is 0.825 bits per heavy atom. The Hall–Kier alpha value is -3.47. The highest BCUT2D eigenvalue weighted by molar-refractivity contribution is 5.88. The van der Waals surface area contributed by atoms with Crippen LogP contribution in [0.4, 0.5) is 0 Å². The molecule has 2 saturated heterocycles. The van der Waals surface area contributed by atoms with Gasteiger partial charge >= 0.3 is 0 Å². The molecule has 0 radical (unpaired) electrons. The molecule has 2 aliphatic heterocycles. The van der Waals surface area contributed by atoms with E-state index in [4.69, 9.17) is 23.4 Å². The minimum Gasteiger partial charge on any atom is -0.508 e. The van der Waals surface area contributed by atoms with Crippen molar-refractivity contribution in [1.29, 1.82) is 0 Å². The molecule has 0 unspecified atom stereocenters. The SMILES string of the molecule is C[C@@H]1O[C@@H](Oc2cc(O)c3c(=O)c(O[C@@H]4OC[C@@H](O)[C@@H](O)[C@H]4O)c(-c4ccc(O)cc4)oc3c2)[C@@H](O)[C@@H](O)[C@@H]1O. The largest absolute Gasteiger partial charge is 0.508 e. The van der Waals surface area contributed by atoms with Gasteiger partial charge in [-0.25, -0.2) is 0 Å². The van der Waals surface area contributed by atoms with Crippen molar-refractivity contribution in [2.75, 3.05) is 6.61 Å². The minimum absolute atomic E-state index is 0.0848. The highest BCUT2D eigenvalue weighted by Gasteiger charge is 2.43. The zero-order valence-electron chi connectivity index (χ0n) is 20.9. The Balaban J connectivity index is 1.58. The molecule has 0 spiro atoms. The van der Waals surface area contributed by atoms with Crippen molar-refractivity contribution in [3.05, 3.63) is 46.6 Å². The number of aliphatic hydroxyl groups excluding tert-OH is 6. The van der Waals surface area contributed by atoms with E-state index in [9.17, 15) is 45.6 Å². The van der Waals surface area contributed by atoms with Crippen LogP contribution in [0, 0.1) is 0 Å². The lowest BCUT2D eigenvalue weighted by Gasteiger charge is -2.38. The van der Waals surface area contributed by atoms with E-state index in [1.54, 1.807) is 0 Å². The predicted octanol–water partition coefficient (Wildman–Crippen LogP) is -1.10. The highest BCUT2D eigenvalue weighted by Crippen LogP contribution is 2.38. The van der Waals surface area contributed by atoms with Crippen LogP contribution in [-0.4, -0.2) is 103 Å². The third-order valence-electron chi connectivity index (χ3n) is 6.78. The number of hydrogen-bond donors (Lipinski definition) is 8. The summed E-state index contributed by atoms with van der Waals surface area (Å²) in [5, 5.41) is 80.5. The minimum atomic E-state index is -1.74. The molecular weight excluding hydrogens is 536 g/mol. The smallest absolute Gasteiger partial charge is 0.239 e. The summed E-state index contributed by atoms with van der Waals surface area (Å²) >= 11 is 0. The van der Waals surface area contributed by atoms with Crippen molar-refractivity contribution < 1.29 is 64.2 Å². The number of phenols is 2. The maximum atomic E-state index is 13.6. The third-order valence-corrected chi connectivity index (χ3v) is 6.78. The maximum Gasteiger partial charge on any atom is 0.239 e. The van der Waals surface area contributed by atoms with Crippen molar-refractivity contribution >= 4 is 11.0 Å². The van der Waals surface area contributed by atoms with Gasteiger partial charge in [0.15, 0.2) is 5.76 Å². The van der Waals surface area contributed by atoms with Gasteiger partial charge in [-0.1, -0.05) is 0 Å². The lowest BCUT2D eigenvalue weighted by molar-refractivity contribution is -0.268. The summed E-state index contributed by atoms with van der Waals surface area (Å²) in [5.74, 6) is -1.54. The van der Waals surface area contributed by atoms with Crippen LogP contribution in [0.3, 0.4) is 0 Å². The number of rotatable bonds is 5. The molecule has 0 saturated carbocycles. The van der Waals surface area contributed by atoms with Gasteiger partial charge < -0.3 is 64.2 Å². The fourth-order valence-corrected chi connectivity index (χ4v) is 4.48. The van der Waals surface area contributed by atoms with E-state index in [1.165, 1.54) is 37.3 Å². The second-order valence-corrected chi connectivity index (χ2v) is 9.62. The predicted molar refractivity (Wildman–Crippen MR) is 133 cm³/mol.